The topological polar surface area (TPSA) is 36.4 Å². The van der Waals surface area contributed by atoms with Crippen molar-refractivity contribution in [3.63, 3.8) is 0 Å². The summed E-state index contributed by atoms with van der Waals surface area (Å²) in [5.41, 5.74) is 0.493. The van der Waals surface area contributed by atoms with Crippen LogP contribution in [0.4, 0.5) is 8.78 Å². The van der Waals surface area contributed by atoms with E-state index in [9.17, 15) is 8.78 Å². The number of halogens is 3. The fraction of sp³-hybridized carbons (Fsp3) is 0.353. The van der Waals surface area contributed by atoms with E-state index in [-0.39, 0.29) is 29.9 Å². The molecule has 24 heavy (non-hydrogen) atoms. The standard InChI is InChI=1S/C17H21F2N3S.HI/c1-12(15-6-5-13(18)10-16(15)19)11-22-17(20-2)21-8-7-14-4-3-9-23-14;/h3-6,9-10,12H,7-8,11H2,1-2H3,(H2,20,21,22);1H. The van der Waals surface area contributed by atoms with Crippen molar-refractivity contribution >= 4 is 41.3 Å². The quantitative estimate of drug-likeness (QED) is 0.382. The van der Waals surface area contributed by atoms with Crippen molar-refractivity contribution in [1.82, 2.24) is 10.6 Å². The molecule has 1 unspecified atom stereocenters. The molecule has 2 rings (SSSR count). The summed E-state index contributed by atoms with van der Waals surface area (Å²) in [5, 5.41) is 8.46. The number of hydrogen-bond acceptors (Lipinski definition) is 2. The summed E-state index contributed by atoms with van der Waals surface area (Å²) in [7, 11) is 1.70. The lowest BCUT2D eigenvalue weighted by Crippen LogP contribution is -2.40. The zero-order valence-corrected chi connectivity index (χ0v) is 16.8. The van der Waals surface area contributed by atoms with Crippen molar-refractivity contribution in [1.29, 1.82) is 0 Å². The van der Waals surface area contributed by atoms with Gasteiger partial charge in [-0.1, -0.05) is 19.1 Å². The van der Waals surface area contributed by atoms with E-state index in [2.05, 4.69) is 27.1 Å². The zero-order chi connectivity index (χ0) is 16.7. The highest BCUT2D eigenvalue weighted by molar-refractivity contribution is 14.0. The summed E-state index contributed by atoms with van der Waals surface area (Å²) in [4.78, 5) is 5.47. The van der Waals surface area contributed by atoms with Crippen LogP contribution in [-0.2, 0) is 6.42 Å². The Kier molecular flexibility index (Phi) is 9.20. The van der Waals surface area contributed by atoms with Crippen molar-refractivity contribution < 1.29 is 8.78 Å². The van der Waals surface area contributed by atoms with Gasteiger partial charge in [-0.2, -0.15) is 0 Å². The van der Waals surface area contributed by atoms with Crippen LogP contribution >= 0.6 is 35.3 Å². The predicted octanol–water partition coefficient (Wildman–Crippen LogP) is 4.16. The van der Waals surface area contributed by atoms with Crippen LogP contribution in [-0.4, -0.2) is 26.1 Å². The summed E-state index contributed by atoms with van der Waals surface area (Å²) in [5.74, 6) is -0.486. The van der Waals surface area contributed by atoms with Gasteiger partial charge in [0, 0.05) is 37.0 Å². The van der Waals surface area contributed by atoms with E-state index in [1.165, 1.54) is 17.0 Å². The van der Waals surface area contributed by atoms with Gasteiger partial charge in [-0.3, -0.25) is 4.99 Å². The molecule has 0 aliphatic rings. The van der Waals surface area contributed by atoms with Crippen LogP contribution in [0.1, 0.15) is 23.3 Å². The lowest BCUT2D eigenvalue weighted by Gasteiger charge is -2.17. The molecule has 132 valence electrons. The van der Waals surface area contributed by atoms with Gasteiger partial charge in [0.25, 0.3) is 0 Å². The van der Waals surface area contributed by atoms with E-state index < -0.39 is 11.6 Å². The Hall–Kier alpha value is -1.22. The maximum absolute atomic E-state index is 13.8. The molecular formula is C17H22F2IN3S. The lowest BCUT2D eigenvalue weighted by atomic mass is 10.0. The number of guanidine groups is 1. The van der Waals surface area contributed by atoms with Crippen LogP contribution < -0.4 is 10.6 Å². The fourth-order valence-electron chi connectivity index (χ4n) is 2.24. The van der Waals surface area contributed by atoms with Crippen LogP contribution in [0.25, 0.3) is 0 Å². The normalized spacial score (nSPS) is 12.4. The average molecular weight is 465 g/mol. The van der Waals surface area contributed by atoms with Gasteiger partial charge in [0.15, 0.2) is 5.96 Å². The van der Waals surface area contributed by atoms with Gasteiger partial charge in [0.2, 0.25) is 0 Å². The summed E-state index contributed by atoms with van der Waals surface area (Å²) < 4.78 is 26.7. The van der Waals surface area contributed by atoms with E-state index >= 15 is 0 Å². The van der Waals surface area contributed by atoms with Crippen LogP contribution in [0, 0.1) is 11.6 Å². The number of rotatable bonds is 6. The minimum absolute atomic E-state index is 0. The first kappa shape index (κ1) is 20.8. The minimum Gasteiger partial charge on any atom is -0.356 e. The van der Waals surface area contributed by atoms with Gasteiger partial charge in [-0.05, 0) is 29.5 Å². The lowest BCUT2D eigenvalue weighted by molar-refractivity contribution is 0.556. The monoisotopic (exact) mass is 465 g/mol. The number of benzene rings is 1. The van der Waals surface area contributed by atoms with Gasteiger partial charge in [0.1, 0.15) is 11.6 Å². The maximum atomic E-state index is 13.8. The summed E-state index contributed by atoms with van der Waals surface area (Å²) >= 11 is 1.73. The number of nitrogens with zero attached hydrogens (tertiary/aromatic N) is 1. The van der Waals surface area contributed by atoms with Gasteiger partial charge >= 0.3 is 0 Å². The molecule has 1 atom stereocenters. The first-order valence-electron chi connectivity index (χ1n) is 7.52. The third-order valence-electron chi connectivity index (χ3n) is 3.54. The number of hydrogen-bond donors (Lipinski definition) is 2. The highest BCUT2D eigenvalue weighted by Crippen LogP contribution is 2.19. The summed E-state index contributed by atoms with van der Waals surface area (Å²) in [6.45, 7) is 3.18. The Balaban J connectivity index is 0.00000288. The SMILES string of the molecule is CN=C(NCCc1cccs1)NCC(C)c1ccc(F)cc1F.I. The Morgan fingerprint density at radius 2 is 2.04 bits per heavy atom. The van der Waals surface area contributed by atoms with Gasteiger partial charge in [-0.15, -0.1) is 35.3 Å². The molecule has 0 aliphatic carbocycles. The van der Waals surface area contributed by atoms with E-state index in [1.54, 1.807) is 18.4 Å². The third kappa shape index (κ3) is 6.35. The van der Waals surface area contributed by atoms with Crippen LogP contribution in [0.3, 0.4) is 0 Å². The molecule has 2 aromatic rings. The van der Waals surface area contributed by atoms with Crippen molar-refractivity contribution in [3.8, 4) is 0 Å². The molecule has 7 heteroatoms. The zero-order valence-electron chi connectivity index (χ0n) is 13.7. The summed E-state index contributed by atoms with van der Waals surface area (Å²) in [6, 6.07) is 7.82. The number of thiophene rings is 1. The van der Waals surface area contributed by atoms with E-state index in [1.807, 2.05) is 13.0 Å². The van der Waals surface area contributed by atoms with E-state index in [0.717, 1.165) is 19.0 Å². The Bertz CT molecular complexity index is 647. The Morgan fingerprint density at radius 3 is 2.67 bits per heavy atom. The highest BCUT2D eigenvalue weighted by Gasteiger charge is 2.12. The fourth-order valence-corrected chi connectivity index (χ4v) is 2.95. The molecule has 0 saturated carbocycles. The highest BCUT2D eigenvalue weighted by atomic mass is 127. The van der Waals surface area contributed by atoms with E-state index in [0.29, 0.717) is 18.1 Å². The second kappa shape index (κ2) is 10.6. The molecular weight excluding hydrogens is 443 g/mol. The summed E-state index contributed by atoms with van der Waals surface area (Å²) in [6.07, 6.45) is 0.931. The largest absolute Gasteiger partial charge is 0.356 e. The van der Waals surface area contributed by atoms with Crippen molar-refractivity contribution in [2.24, 2.45) is 4.99 Å². The number of nitrogens with one attached hydrogen (secondary N) is 2. The van der Waals surface area contributed by atoms with Gasteiger partial charge in [0.05, 0.1) is 0 Å². The third-order valence-corrected chi connectivity index (χ3v) is 4.47. The molecule has 1 heterocycles. The molecule has 2 N–H and O–H groups in total. The molecule has 0 saturated heterocycles. The Morgan fingerprint density at radius 1 is 1.25 bits per heavy atom. The first-order valence-corrected chi connectivity index (χ1v) is 8.40. The Labute approximate surface area is 162 Å². The molecule has 0 bridgehead atoms. The van der Waals surface area contributed by atoms with Crippen LogP contribution in [0.2, 0.25) is 0 Å². The number of aliphatic imine (C=N–C) groups is 1. The second-order valence-corrected chi connectivity index (χ2v) is 6.31. The van der Waals surface area contributed by atoms with Crippen molar-refractivity contribution in [2.45, 2.75) is 19.3 Å². The molecule has 0 aliphatic heterocycles. The minimum atomic E-state index is -0.558. The molecule has 0 spiro atoms. The van der Waals surface area contributed by atoms with Crippen molar-refractivity contribution in [3.05, 3.63) is 57.8 Å². The maximum Gasteiger partial charge on any atom is 0.191 e. The smallest absolute Gasteiger partial charge is 0.191 e. The molecule has 1 aromatic carbocycles. The van der Waals surface area contributed by atoms with Gasteiger partial charge < -0.3 is 10.6 Å². The molecule has 0 amide bonds. The molecule has 0 fully saturated rings. The van der Waals surface area contributed by atoms with E-state index in [4.69, 9.17) is 0 Å². The average Bonchev–Trinajstić information content (AvgIpc) is 3.03. The predicted molar refractivity (Wildman–Crippen MR) is 108 cm³/mol. The molecule has 3 nitrogen and oxygen atoms in total. The first-order chi connectivity index (χ1) is 11.1. The molecule has 1 aromatic heterocycles. The van der Waals surface area contributed by atoms with Crippen molar-refractivity contribution in [2.75, 3.05) is 20.1 Å². The van der Waals surface area contributed by atoms with Gasteiger partial charge in [-0.25, -0.2) is 8.78 Å². The second-order valence-electron chi connectivity index (χ2n) is 5.28. The molecule has 0 radical (unpaired) electrons. The van der Waals surface area contributed by atoms with Crippen LogP contribution in [0.5, 0.6) is 0 Å². The van der Waals surface area contributed by atoms with Crippen LogP contribution in [0.15, 0.2) is 40.7 Å².